The molecule has 0 aliphatic rings. The van der Waals surface area contributed by atoms with E-state index in [9.17, 15) is 9.59 Å². The number of aliphatic carboxylic acids is 2. The van der Waals surface area contributed by atoms with Crippen LogP contribution in [-0.2, 0) is 9.59 Å². The molecule has 8 heteroatoms. The molecule has 0 aromatic carbocycles. The van der Waals surface area contributed by atoms with E-state index in [1.165, 1.54) is 25.7 Å². The van der Waals surface area contributed by atoms with Gasteiger partial charge in [0.25, 0.3) is 0 Å². The van der Waals surface area contributed by atoms with Gasteiger partial charge in [-0.1, -0.05) is 26.7 Å². The first-order valence-electron chi connectivity index (χ1n) is 6.76. The Bertz CT molecular complexity index is 186. The third-order valence-corrected chi connectivity index (χ3v) is 1.90. The van der Waals surface area contributed by atoms with Crippen molar-refractivity contribution in [2.24, 2.45) is 11.7 Å². The molecule has 0 saturated heterocycles. The van der Waals surface area contributed by atoms with Crippen molar-refractivity contribution in [3.8, 4) is 0 Å². The van der Waals surface area contributed by atoms with Gasteiger partial charge < -0.3 is 10.2 Å². The van der Waals surface area contributed by atoms with Crippen LogP contribution >= 0.6 is 0 Å². The third-order valence-electron chi connectivity index (χ3n) is 1.90. The summed E-state index contributed by atoms with van der Waals surface area (Å²) < 4.78 is 0. The summed E-state index contributed by atoms with van der Waals surface area (Å²) in [6.45, 7) is 6.15. The van der Waals surface area contributed by atoms with Crippen LogP contribution in [0, 0.1) is 0 Å². The molecule has 0 saturated carbocycles. The van der Waals surface area contributed by atoms with Crippen LogP contribution in [0.1, 0.15) is 52.4 Å². The van der Waals surface area contributed by atoms with Crippen molar-refractivity contribution >= 4 is 11.9 Å². The molecule has 0 aromatic rings. The second kappa shape index (κ2) is 22.9. The van der Waals surface area contributed by atoms with E-state index in [0.717, 1.165) is 13.1 Å². The first-order valence-corrected chi connectivity index (χ1v) is 6.76. The summed E-state index contributed by atoms with van der Waals surface area (Å²) in [5, 5.41) is 15.8. The summed E-state index contributed by atoms with van der Waals surface area (Å²) in [6, 6.07) is 0. The van der Waals surface area contributed by atoms with Crippen LogP contribution in [0.15, 0.2) is 0 Å². The summed E-state index contributed by atoms with van der Waals surface area (Å²) in [5.74, 6) is 7.78. The van der Waals surface area contributed by atoms with E-state index >= 15 is 0 Å². The van der Waals surface area contributed by atoms with Crippen LogP contribution in [-0.4, -0.2) is 35.2 Å². The quantitative estimate of drug-likeness (QED) is 0.203. The number of hydrogen-bond acceptors (Lipinski definition) is 6. The van der Waals surface area contributed by atoms with Crippen LogP contribution in [0.25, 0.3) is 0 Å². The maximum absolute atomic E-state index is 9.64. The number of carboxylic acid groups (broad SMARTS) is 2. The molecule has 0 radical (unpaired) electrons. The topological polar surface area (TPSA) is 151 Å². The molecule has 0 unspecified atom stereocenters. The van der Waals surface area contributed by atoms with Gasteiger partial charge in [0, 0.05) is 13.1 Å². The van der Waals surface area contributed by atoms with Gasteiger partial charge in [-0.25, -0.2) is 0 Å². The van der Waals surface area contributed by atoms with E-state index in [1.54, 1.807) is 0 Å². The predicted molar refractivity (Wildman–Crippen MR) is 78.7 cm³/mol. The van der Waals surface area contributed by atoms with E-state index < -0.39 is 11.9 Å². The lowest BCUT2D eigenvalue weighted by Crippen LogP contribution is -2.22. The number of hydrogen-bond donors (Lipinski definition) is 6. The Morgan fingerprint density at radius 2 is 1.15 bits per heavy atom. The van der Waals surface area contributed by atoms with E-state index in [4.69, 9.17) is 21.9 Å². The normalized spacial score (nSPS) is 8.80. The fourth-order valence-corrected chi connectivity index (χ4v) is 0.772. The molecule has 0 aromatic heterocycles. The zero-order valence-electron chi connectivity index (χ0n) is 12.5. The highest BCUT2D eigenvalue weighted by atomic mass is 16.4. The van der Waals surface area contributed by atoms with Crippen LogP contribution < -0.4 is 22.5 Å². The molecule has 0 aliphatic carbocycles. The van der Waals surface area contributed by atoms with Crippen molar-refractivity contribution in [3.63, 3.8) is 0 Å². The summed E-state index contributed by atoms with van der Waals surface area (Å²) in [4.78, 5) is 19.3. The SMILES string of the molecule is CCCCNN.CCCCNN.O=C(O)CCC(=O)O. The van der Waals surface area contributed by atoms with Crippen molar-refractivity contribution < 1.29 is 19.8 Å². The van der Waals surface area contributed by atoms with Crippen LogP contribution in [0.5, 0.6) is 0 Å². The number of hydrazine groups is 2. The predicted octanol–water partition coefficient (Wildman–Crippen LogP) is 0.435. The number of nitrogens with two attached hydrogens (primary N) is 2. The fraction of sp³-hybridized carbons (Fsp3) is 0.833. The molecule has 0 atom stereocenters. The Balaban J connectivity index is -0.000000221. The highest BCUT2D eigenvalue weighted by Gasteiger charge is 2.00. The zero-order valence-corrected chi connectivity index (χ0v) is 12.5. The monoisotopic (exact) mass is 294 g/mol. The third kappa shape index (κ3) is 43.7. The molecule has 0 bridgehead atoms. The van der Waals surface area contributed by atoms with Crippen molar-refractivity contribution in [3.05, 3.63) is 0 Å². The van der Waals surface area contributed by atoms with Crippen molar-refractivity contribution in [1.82, 2.24) is 10.9 Å². The first kappa shape index (κ1) is 23.8. The Morgan fingerprint density at radius 1 is 0.850 bits per heavy atom. The summed E-state index contributed by atoms with van der Waals surface area (Å²) in [7, 11) is 0. The maximum Gasteiger partial charge on any atom is 0.303 e. The van der Waals surface area contributed by atoms with Gasteiger partial charge in [-0.2, -0.15) is 0 Å². The van der Waals surface area contributed by atoms with Crippen molar-refractivity contribution in [2.45, 2.75) is 52.4 Å². The van der Waals surface area contributed by atoms with E-state index in [0.29, 0.717) is 0 Å². The van der Waals surface area contributed by atoms with Crippen LogP contribution in [0.3, 0.4) is 0 Å². The number of carboxylic acids is 2. The van der Waals surface area contributed by atoms with Gasteiger partial charge in [0.15, 0.2) is 0 Å². The van der Waals surface area contributed by atoms with Gasteiger partial charge in [-0.15, -0.1) is 0 Å². The van der Waals surface area contributed by atoms with Gasteiger partial charge in [-0.05, 0) is 12.8 Å². The maximum atomic E-state index is 9.64. The Morgan fingerprint density at radius 3 is 1.25 bits per heavy atom. The largest absolute Gasteiger partial charge is 0.481 e. The number of unbranched alkanes of at least 4 members (excludes halogenated alkanes) is 2. The minimum absolute atomic E-state index is 0.296. The molecule has 0 spiro atoms. The molecule has 8 nitrogen and oxygen atoms in total. The molecule has 8 N–H and O–H groups in total. The molecular weight excluding hydrogens is 264 g/mol. The number of carbonyl (C=O) groups is 2. The van der Waals surface area contributed by atoms with Crippen molar-refractivity contribution in [1.29, 1.82) is 0 Å². The standard InChI is InChI=1S/2C4H12N2.C4H6O4/c2*1-2-3-4-6-5;5-3(6)1-2-4(7)8/h2*6H,2-5H2,1H3;1-2H2,(H,5,6)(H,7,8). The Labute approximate surface area is 120 Å². The number of rotatable bonds is 9. The van der Waals surface area contributed by atoms with Crippen molar-refractivity contribution in [2.75, 3.05) is 13.1 Å². The van der Waals surface area contributed by atoms with E-state index in [2.05, 4.69) is 24.7 Å². The van der Waals surface area contributed by atoms with Gasteiger partial charge in [-0.3, -0.25) is 32.1 Å². The summed E-state index contributed by atoms with van der Waals surface area (Å²) >= 11 is 0. The lowest BCUT2D eigenvalue weighted by atomic mass is 10.3. The van der Waals surface area contributed by atoms with Gasteiger partial charge in [0.05, 0.1) is 12.8 Å². The zero-order chi connectivity index (χ0) is 16.2. The molecule has 0 rings (SSSR count). The van der Waals surface area contributed by atoms with E-state index in [-0.39, 0.29) is 12.8 Å². The van der Waals surface area contributed by atoms with Gasteiger partial charge in [0.1, 0.15) is 0 Å². The lowest BCUT2D eigenvalue weighted by Gasteiger charge is -1.89. The molecule has 0 heterocycles. The smallest absolute Gasteiger partial charge is 0.303 e. The highest BCUT2D eigenvalue weighted by molar-refractivity contribution is 5.75. The Kier molecular flexibility index (Phi) is 27.3. The second-order valence-corrected chi connectivity index (χ2v) is 3.90. The molecule has 0 fully saturated rings. The molecule has 0 amide bonds. The van der Waals surface area contributed by atoms with Gasteiger partial charge >= 0.3 is 11.9 Å². The Hall–Kier alpha value is -1.22. The fourth-order valence-electron chi connectivity index (χ4n) is 0.772. The molecule has 0 aliphatic heterocycles. The average molecular weight is 294 g/mol. The van der Waals surface area contributed by atoms with E-state index in [1.807, 2.05) is 0 Å². The van der Waals surface area contributed by atoms with Crippen LogP contribution in [0.4, 0.5) is 0 Å². The minimum atomic E-state index is -1.08. The summed E-state index contributed by atoms with van der Waals surface area (Å²) in [5.41, 5.74) is 5.14. The lowest BCUT2D eigenvalue weighted by molar-refractivity contribution is -0.143. The highest BCUT2D eigenvalue weighted by Crippen LogP contribution is 1.86. The number of nitrogens with one attached hydrogen (secondary N) is 2. The van der Waals surface area contributed by atoms with Gasteiger partial charge in [0.2, 0.25) is 0 Å². The second-order valence-electron chi connectivity index (χ2n) is 3.90. The average Bonchev–Trinajstić information content (AvgIpc) is 2.42. The molecule has 122 valence electrons. The molecular formula is C12H30N4O4. The van der Waals surface area contributed by atoms with Crippen LogP contribution in [0.2, 0.25) is 0 Å². The molecule has 20 heavy (non-hydrogen) atoms. The summed E-state index contributed by atoms with van der Waals surface area (Å²) in [6.07, 6.45) is 4.19. The first-order chi connectivity index (χ1) is 9.45. The minimum Gasteiger partial charge on any atom is -0.481 e.